The van der Waals surface area contributed by atoms with Crippen molar-refractivity contribution < 1.29 is 18.5 Å². The highest BCUT2D eigenvalue weighted by atomic mass is 32.2. The van der Waals surface area contributed by atoms with Crippen LogP contribution in [-0.4, -0.2) is 45.4 Å². The molecule has 2 unspecified atom stereocenters. The van der Waals surface area contributed by atoms with Crippen LogP contribution in [0.5, 0.6) is 0 Å². The van der Waals surface area contributed by atoms with E-state index in [9.17, 15) is 9.00 Å². The normalized spacial score (nSPS) is 14.4. The van der Waals surface area contributed by atoms with Crippen molar-refractivity contribution in [3.05, 3.63) is 12.0 Å². The summed E-state index contributed by atoms with van der Waals surface area (Å²) in [5, 5.41) is 8.67. The van der Waals surface area contributed by atoms with E-state index in [0.29, 0.717) is 5.75 Å². The molecule has 0 saturated carbocycles. The van der Waals surface area contributed by atoms with E-state index in [1.807, 2.05) is 6.92 Å². The Labute approximate surface area is 95.7 Å². The Hall–Kier alpha value is -1.37. The molecule has 0 spiro atoms. The molecular weight excluding hydrogens is 232 g/mol. The van der Waals surface area contributed by atoms with Crippen molar-refractivity contribution in [3.8, 4) is 0 Å². The van der Waals surface area contributed by atoms with Crippen LogP contribution in [0.25, 0.3) is 0 Å². The van der Waals surface area contributed by atoms with Crippen LogP contribution in [0.4, 0.5) is 6.01 Å². The van der Waals surface area contributed by atoms with Gasteiger partial charge in [-0.25, -0.2) is 4.79 Å². The molecule has 1 heterocycles. The van der Waals surface area contributed by atoms with E-state index in [2.05, 4.69) is 4.98 Å². The molecule has 16 heavy (non-hydrogen) atoms. The van der Waals surface area contributed by atoms with Crippen LogP contribution in [0.2, 0.25) is 0 Å². The van der Waals surface area contributed by atoms with Gasteiger partial charge in [0.2, 0.25) is 0 Å². The van der Waals surface area contributed by atoms with Crippen LogP contribution < -0.4 is 4.90 Å². The van der Waals surface area contributed by atoms with E-state index in [1.165, 1.54) is 0 Å². The van der Waals surface area contributed by atoms with E-state index >= 15 is 0 Å². The van der Waals surface area contributed by atoms with Crippen molar-refractivity contribution in [2.24, 2.45) is 0 Å². The number of rotatable bonds is 5. The van der Waals surface area contributed by atoms with Gasteiger partial charge in [-0.2, -0.15) is 4.98 Å². The number of oxazole rings is 1. The highest BCUT2D eigenvalue weighted by Gasteiger charge is 2.18. The molecule has 0 aliphatic carbocycles. The SMILES string of the molecule is CC(CS(C)=O)N(C)c1nc(C(=O)O)co1. The minimum atomic E-state index is -1.13. The van der Waals surface area contributed by atoms with E-state index < -0.39 is 16.8 Å². The summed E-state index contributed by atoms with van der Waals surface area (Å²) in [5.41, 5.74) is -0.133. The number of hydrogen-bond donors (Lipinski definition) is 1. The fourth-order valence-electron chi connectivity index (χ4n) is 1.16. The van der Waals surface area contributed by atoms with E-state index in [1.54, 1.807) is 18.2 Å². The van der Waals surface area contributed by atoms with Gasteiger partial charge in [0.05, 0.1) is 0 Å². The number of hydrogen-bond acceptors (Lipinski definition) is 5. The van der Waals surface area contributed by atoms with Crippen molar-refractivity contribution in [2.45, 2.75) is 13.0 Å². The maximum absolute atomic E-state index is 11.0. The van der Waals surface area contributed by atoms with E-state index in [-0.39, 0.29) is 17.8 Å². The van der Waals surface area contributed by atoms with Gasteiger partial charge in [0, 0.05) is 35.9 Å². The maximum Gasteiger partial charge on any atom is 0.357 e. The second kappa shape index (κ2) is 5.11. The van der Waals surface area contributed by atoms with Gasteiger partial charge in [-0.3, -0.25) is 4.21 Å². The Morgan fingerprint density at radius 3 is 2.81 bits per heavy atom. The third-order valence-electron chi connectivity index (χ3n) is 2.15. The monoisotopic (exact) mass is 246 g/mol. The average Bonchev–Trinajstić information content (AvgIpc) is 2.64. The first kappa shape index (κ1) is 12.7. The quantitative estimate of drug-likeness (QED) is 0.818. The molecule has 0 amide bonds. The highest BCUT2D eigenvalue weighted by molar-refractivity contribution is 7.84. The third-order valence-corrected chi connectivity index (χ3v) is 3.10. The molecule has 0 aromatic carbocycles. The van der Waals surface area contributed by atoms with Crippen LogP contribution in [0.3, 0.4) is 0 Å². The molecule has 1 N–H and O–H groups in total. The van der Waals surface area contributed by atoms with Gasteiger partial charge in [-0.15, -0.1) is 0 Å². The fourth-order valence-corrected chi connectivity index (χ4v) is 2.07. The van der Waals surface area contributed by atoms with Gasteiger partial charge in [0.15, 0.2) is 5.69 Å². The fraction of sp³-hybridized carbons (Fsp3) is 0.556. The minimum Gasteiger partial charge on any atom is -0.476 e. The van der Waals surface area contributed by atoms with Crippen molar-refractivity contribution >= 4 is 22.8 Å². The highest BCUT2D eigenvalue weighted by Crippen LogP contribution is 2.14. The molecule has 0 saturated heterocycles. The topological polar surface area (TPSA) is 83.6 Å². The summed E-state index contributed by atoms with van der Waals surface area (Å²) < 4.78 is 16.1. The van der Waals surface area contributed by atoms with Crippen molar-refractivity contribution in [3.63, 3.8) is 0 Å². The van der Waals surface area contributed by atoms with Gasteiger partial charge < -0.3 is 14.4 Å². The Morgan fingerprint density at radius 2 is 2.38 bits per heavy atom. The molecule has 1 rings (SSSR count). The van der Waals surface area contributed by atoms with Crippen LogP contribution in [0.1, 0.15) is 17.4 Å². The van der Waals surface area contributed by atoms with Crippen LogP contribution >= 0.6 is 0 Å². The third kappa shape index (κ3) is 3.06. The molecule has 0 radical (unpaired) electrons. The first-order valence-electron chi connectivity index (χ1n) is 4.63. The Balaban J connectivity index is 2.75. The summed E-state index contributed by atoms with van der Waals surface area (Å²) in [6, 6.07) is 0.182. The lowest BCUT2D eigenvalue weighted by atomic mass is 10.4. The predicted molar refractivity (Wildman–Crippen MR) is 60.3 cm³/mol. The number of nitrogens with zero attached hydrogens (tertiary/aromatic N) is 2. The lowest BCUT2D eigenvalue weighted by Gasteiger charge is -2.21. The number of anilines is 1. The molecule has 1 aromatic heterocycles. The molecule has 1 aromatic rings. The number of aromatic carboxylic acids is 1. The van der Waals surface area contributed by atoms with Crippen LogP contribution in [-0.2, 0) is 10.8 Å². The van der Waals surface area contributed by atoms with Gasteiger partial charge in [0.25, 0.3) is 6.01 Å². The molecule has 6 nitrogen and oxygen atoms in total. The molecular formula is C9H14N2O4S. The van der Waals surface area contributed by atoms with Gasteiger partial charge in [-0.1, -0.05) is 0 Å². The predicted octanol–water partition coefficient (Wildman–Crippen LogP) is 0.576. The Morgan fingerprint density at radius 1 is 1.75 bits per heavy atom. The van der Waals surface area contributed by atoms with Gasteiger partial charge >= 0.3 is 5.97 Å². The van der Waals surface area contributed by atoms with Crippen LogP contribution in [0.15, 0.2) is 10.7 Å². The summed E-state index contributed by atoms with van der Waals surface area (Å²) in [5.74, 6) is -0.656. The number of carboxylic acid groups (broad SMARTS) is 1. The second-order valence-corrected chi connectivity index (χ2v) is 5.00. The van der Waals surface area contributed by atoms with Crippen LogP contribution in [0, 0.1) is 0 Å². The molecule has 0 fully saturated rings. The molecule has 0 aliphatic rings. The summed E-state index contributed by atoms with van der Waals surface area (Å²) in [6.45, 7) is 1.87. The zero-order chi connectivity index (χ0) is 12.3. The summed E-state index contributed by atoms with van der Waals surface area (Å²) in [7, 11) is 0.798. The van der Waals surface area contributed by atoms with Crippen molar-refractivity contribution in [1.82, 2.24) is 4.98 Å². The zero-order valence-corrected chi connectivity index (χ0v) is 10.2. The lowest BCUT2D eigenvalue weighted by Crippen LogP contribution is -2.33. The first-order chi connectivity index (χ1) is 7.41. The Bertz CT molecular complexity index is 404. The van der Waals surface area contributed by atoms with Gasteiger partial charge in [-0.05, 0) is 6.92 Å². The summed E-state index contributed by atoms with van der Waals surface area (Å²) in [4.78, 5) is 16.1. The maximum atomic E-state index is 11.0. The lowest BCUT2D eigenvalue weighted by molar-refractivity contribution is 0.0690. The zero-order valence-electron chi connectivity index (χ0n) is 9.34. The molecule has 90 valence electrons. The first-order valence-corrected chi connectivity index (χ1v) is 6.36. The Kier molecular flexibility index (Phi) is 4.05. The molecule has 2 atom stereocenters. The number of carbonyl (C=O) groups is 1. The van der Waals surface area contributed by atoms with E-state index in [4.69, 9.17) is 9.52 Å². The number of aromatic nitrogens is 1. The average molecular weight is 246 g/mol. The summed E-state index contributed by atoms with van der Waals surface area (Å²) >= 11 is 0. The molecule has 0 aliphatic heterocycles. The second-order valence-electron chi connectivity index (χ2n) is 3.52. The van der Waals surface area contributed by atoms with Gasteiger partial charge in [0.1, 0.15) is 6.26 Å². The number of carboxylic acids is 1. The van der Waals surface area contributed by atoms with E-state index in [0.717, 1.165) is 6.26 Å². The minimum absolute atomic E-state index is 0.0360. The smallest absolute Gasteiger partial charge is 0.357 e. The largest absolute Gasteiger partial charge is 0.476 e. The van der Waals surface area contributed by atoms with Crippen molar-refractivity contribution in [1.29, 1.82) is 0 Å². The standard InChI is InChI=1S/C9H14N2O4S/c1-6(5-16(3)14)11(2)9-10-7(4-15-9)8(12)13/h4,6H,5H2,1-3H3,(H,12,13). The molecule has 7 heteroatoms. The molecule has 0 bridgehead atoms. The van der Waals surface area contributed by atoms with Crippen molar-refractivity contribution in [2.75, 3.05) is 24.0 Å². The summed E-state index contributed by atoms with van der Waals surface area (Å²) in [6.07, 6.45) is 2.70.